The van der Waals surface area contributed by atoms with Crippen molar-refractivity contribution >= 4 is 5.69 Å². The Labute approximate surface area is 109 Å². The van der Waals surface area contributed by atoms with Crippen molar-refractivity contribution in [2.45, 2.75) is 38.0 Å². The maximum atomic E-state index is 9.77. The lowest BCUT2D eigenvalue weighted by Gasteiger charge is -2.32. The molecule has 3 rings (SSSR count). The van der Waals surface area contributed by atoms with Crippen molar-refractivity contribution in [1.29, 1.82) is 0 Å². The molecule has 1 N–H and O–H groups in total. The minimum Gasteiger partial charge on any atom is -0.389 e. The van der Waals surface area contributed by atoms with Crippen LogP contribution in [0.25, 0.3) is 0 Å². The van der Waals surface area contributed by atoms with Gasteiger partial charge in [-0.3, -0.25) is 4.90 Å². The minimum absolute atomic E-state index is 0.198. The molecule has 1 fully saturated rings. The number of aliphatic hydroxyl groups excluding tert-OH is 1. The molecule has 1 saturated heterocycles. The summed E-state index contributed by atoms with van der Waals surface area (Å²) in [6.45, 7) is 5.33. The van der Waals surface area contributed by atoms with Crippen LogP contribution in [0, 0.1) is 0 Å². The summed E-state index contributed by atoms with van der Waals surface area (Å²) in [4.78, 5) is 4.82. The Bertz CT molecular complexity index is 485. The summed E-state index contributed by atoms with van der Waals surface area (Å²) < 4.78 is 0. The van der Waals surface area contributed by atoms with Crippen LogP contribution < -0.4 is 4.90 Å². The second-order valence-corrected chi connectivity index (χ2v) is 6.09. The van der Waals surface area contributed by atoms with Gasteiger partial charge in [0.2, 0.25) is 0 Å². The summed E-state index contributed by atoms with van der Waals surface area (Å²) in [6.07, 6.45) is 1.26. The van der Waals surface area contributed by atoms with Gasteiger partial charge in [0.05, 0.1) is 12.3 Å². The molecule has 1 aromatic carbocycles. The molecule has 0 aliphatic carbocycles. The molecule has 0 amide bonds. The van der Waals surface area contributed by atoms with E-state index in [1.807, 2.05) is 13.0 Å². The van der Waals surface area contributed by atoms with E-state index in [4.69, 9.17) is 0 Å². The molecule has 0 bridgehead atoms. The second-order valence-electron chi connectivity index (χ2n) is 6.09. The van der Waals surface area contributed by atoms with E-state index >= 15 is 0 Å². The molecule has 0 aromatic heterocycles. The largest absolute Gasteiger partial charge is 0.389 e. The summed E-state index contributed by atoms with van der Waals surface area (Å²) in [5.74, 6) is 0. The number of hydrogen-bond acceptors (Lipinski definition) is 3. The van der Waals surface area contributed by atoms with Crippen molar-refractivity contribution in [2.75, 3.05) is 25.5 Å². The third-order valence-corrected chi connectivity index (χ3v) is 4.84. The van der Waals surface area contributed by atoms with Crippen molar-refractivity contribution in [3.05, 3.63) is 29.3 Å². The Morgan fingerprint density at radius 1 is 1.39 bits per heavy atom. The van der Waals surface area contributed by atoms with Gasteiger partial charge in [0.25, 0.3) is 0 Å². The smallest absolute Gasteiger partial charge is 0.0911 e. The molecular formula is C15H22N2O. The average molecular weight is 246 g/mol. The van der Waals surface area contributed by atoms with Gasteiger partial charge in [-0.25, -0.2) is 0 Å². The van der Waals surface area contributed by atoms with Crippen LogP contribution in [0.2, 0.25) is 0 Å². The third kappa shape index (κ3) is 1.38. The molecule has 1 aromatic rings. The highest BCUT2D eigenvalue weighted by Crippen LogP contribution is 2.51. The zero-order valence-electron chi connectivity index (χ0n) is 11.6. The van der Waals surface area contributed by atoms with Crippen LogP contribution in [0.15, 0.2) is 18.2 Å². The van der Waals surface area contributed by atoms with E-state index in [0.717, 1.165) is 12.1 Å². The number of anilines is 1. The number of aliphatic hydroxyl groups is 1. The van der Waals surface area contributed by atoms with Crippen LogP contribution in [0.1, 0.15) is 37.5 Å². The number of nitrogens with zero attached hydrogens (tertiary/aromatic N) is 2. The third-order valence-electron chi connectivity index (χ3n) is 4.84. The average Bonchev–Trinajstić information content (AvgIpc) is 2.75. The van der Waals surface area contributed by atoms with E-state index in [9.17, 15) is 5.11 Å². The van der Waals surface area contributed by atoms with Gasteiger partial charge in [0, 0.05) is 24.7 Å². The highest BCUT2D eigenvalue weighted by molar-refractivity contribution is 5.65. The summed E-state index contributed by atoms with van der Waals surface area (Å²) in [7, 11) is 4.38. The topological polar surface area (TPSA) is 26.7 Å². The van der Waals surface area contributed by atoms with Gasteiger partial charge in [-0.1, -0.05) is 19.1 Å². The van der Waals surface area contributed by atoms with Gasteiger partial charge in [-0.2, -0.15) is 0 Å². The van der Waals surface area contributed by atoms with Crippen LogP contribution in [-0.4, -0.2) is 36.8 Å². The molecule has 2 aliphatic heterocycles. The first kappa shape index (κ1) is 12.0. The van der Waals surface area contributed by atoms with Gasteiger partial charge in [-0.15, -0.1) is 0 Å². The van der Waals surface area contributed by atoms with Crippen LogP contribution in [0.4, 0.5) is 5.69 Å². The Kier molecular flexibility index (Phi) is 2.48. The molecule has 3 atom stereocenters. The van der Waals surface area contributed by atoms with E-state index < -0.39 is 0 Å². The van der Waals surface area contributed by atoms with Crippen molar-refractivity contribution in [3.8, 4) is 0 Å². The van der Waals surface area contributed by atoms with Gasteiger partial charge in [0.1, 0.15) is 0 Å². The van der Waals surface area contributed by atoms with Crippen LogP contribution in [0.5, 0.6) is 0 Å². The number of benzene rings is 1. The fourth-order valence-electron chi connectivity index (χ4n) is 3.85. The normalized spacial score (nSPS) is 32.5. The monoisotopic (exact) mass is 246 g/mol. The Morgan fingerprint density at radius 2 is 2.11 bits per heavy atom. The zero-order chi connectivity index (χ0) is 13.1. The lowest BCUT2D eigenvalue weighted by atomic mass is 9.80. The lowest BCUT2D eigenvalue weighted by molar-refractivity contribution is 0.199. The fourth-order valence-corrected chi connectivity index (χ4v) is 3.85. The maximum absolute atomic E-state index is 9.77. The van der Waals surface area contributed by atoms with Crippen molar-refractivity contribution < 1.29 is 5.11 Å². The van der Waals surface area contributed by atoms with E-state index in [1.165, 1.54) is 17.7 Å². The summed E-state index contributed by atoms with van der Waals surface area (Å²) in [5, 5.41) is 9.77. The second kappa shape index (κ2) is 3.72. The maximum Gasteiger partial charge on any atom is 0.0911 e. The molecule has 0 spiro atoms. The Hall–Kier alpha value is -1.06. The number of rotatable bonds is 1. The lowest BCUT2D eigenvalue weighted by Crippen LogP contribution is -2.45. The van der Waals surface area contributed by atoms with Gasteiger partial charge in [0.15, 0.2) is 0 Å². The Balaban J connectivity index is 2.14. The van der Waals surface area contributed by atoms with E-state index in [2.05, 4.69) is 43.0 Å². The highest BCUT2D eigenvalue weighted by Gasteiger charge is 2.52. The van der Waals surface area contributed by atoms with E-state index in [0.29, 0.717) is 6.17 Å². The molecule has 18 heavy (non-hydrogen) atoms. The van der Waals surface area contributed by atoms with Crippen LogP contribution in [-0.2, 0) is 5.41 Å². The molecule has 3 nitrogen and oxygen atoms in total. The first-order chi connectivity index (χ1) is 8.45. The molecule has 98 valence electrons. The summed E-state index contributed by atoms with van der Waals surface area (Å²) in [6, 6.07) is 6.41. The molecule has 2 aliphatic rings. The van der Waals surface area contributed by atoms with E-state index in [-0.39, 0.29) is 11.5 Å². The first-order valence-corrected chi connectivity index (χ1v) is 6.71. The number of likely N-dealkylation sites (N-methyl/N-ethyl adjacent to an activating group) is 2. The molecule has 0 radical (unpaired) electrons. The van der Waals surface area contributed by atoms with Crippen molar-refractivity contribution in [3.63, 3.8) is 0 Å². The Morgan fingerprint density at radius 3 is 2.78 bits per heavy atom. The van der Waals surface area contributed by atoms with Gasteiger partial charge < -0.3 is 10.0 Å². The quantitative estimate of drug-likeness (QED) is 0.822. The number of fused-ring (bicyclic) bond motifs is 3. The predicted octanol–water partition coefficient (Wildman–Crippen LogP) is 2.11. The zero-order valence-corrected chi connectivity index (χ0v) is 11.6. The van der Waals surface area contributed by atoms with Crippen molar-refractivity contribution in [2.24, 2.45) is 0 Å². The molecule has 3 heteroatoms. The van der Waals surface area contributed by atoms with Gasteiger partial charge in [-0.05, 0) is 37.6 Å². The first-order valence-electron chi connectivity index (χ1n) is 6.71. The molecule has 0 saturated carbocycles. The van der Waals surface area contributed by atoms with Crippen LogP contribution in [0.3, 0.4) is 0 Å². The highest BCUT2D eigenvalue weighted by atomic mass is 16.3. The molecule has 2 heterocycles. The SMILES string of the molecule is C[C@H](O)c1ccc2c(c1)[C@]1(C)CCN(C)[C@H]1N2C. The van der Waals surface area contributed by atoms with E-state index in [1.54, 1.807) is 0 Å². The predicted molar refractivity (Wildman–Crippen MR) is 73.9 cm³/mol. The van der Waals surface area contributed by atoms with Crippen molar-refractivity contribution in [1.82, 2.24) is 4.90 Å². The number of likely N-dealkylation sites (tertiary alicyclic amines) is 1. The van der Waals surface area contributed by atoms with Gasteiger partial charge >= 0.3 is 0 Å². The summed E-state index contributed by atoms with van der Waals surface area (Å²) in [5.41, 5.74) is 3.94. The standard InChI is InChI=1S/C15H22N2O/c1-10(18)11-5-6-13-12(9-11)15(2)7-8-16(3)14(15)17(13)4/h5-6,9-10,14,18H,7-8H2,1-4H3/t10-,14-,15-/m0/s1. The summed E-state index contributed by atoms with van der Waals surface area (Å²) >= 11 is 0. The minimum atomic E-state index is -0.387. The molecule has 0 unspecified atom stereocenters. The molecular weight excluding hydrogens is 224 g/mol. The van der Waals surface area contributed by atoms with Crippen LogP contribution >= 0.6 is 0 Å². The fraction of sp³-hybridized carbons (Fsp3) is 0.600. The number of hydrogen-bond donors (Lipinski definition) is 1.